The SMILES string of the molecule is CN(C)C(=P)N(C)C.C[C]1[C](C)[C](C)[C](C)[C]1C.[C-]#[O+].[C-]#[O+].[Fe]. The van der Waals surface area contributed by atoms with Crippen LogP contribution in [0, 0.1) is 42.9 Å². The molecule has 0 saturated heterocycles. The van der Waals surface area contributed by atoms with Crippen LogP contribution in [0.4, 0.5) is 0 Å². The largest absolute Gasteiger partial charge is 0 e. The zero-order chi connectivity index (χ0) is 18.6. The second kappa shape index (κ2) is 16.9. The van der Waals surface area contributed by atoms with Crippen LogP contribution in [-0.2, 0) is 26.4 Å². The number of hydrogen-bond donors (Lipinski definition) is 0. The number of nitrogens with zero attached hydrogens (tertiary/aromatic N) is 2. The van der Waals surface area contributed by atoms with Gasteiger partial charge < -0.3 is 0 Å². The van der Waals surface area contributed by atoms with Crippen LogP contribution in [0.1, 0.15) is 34.6 Å². The molecule has 0 spiro atoms. The molecular weight excluding hydrogens is 351 g/mol. The minimum Gasteiger partial charge on any atom is 0 e. The predicted octanol–water partition coefficient (Wildman–Crippen LogP) is 3.23. The smallest absolute Gasteiger partial charge is 0 e. The van der Waals surface area contributed by atoms with Gasteiger partial charge in [0, 0.05) is 17.1 Å². The number of rotatable bonds is 2. The maximum atomic E-state index is 7.50. The van der Waals surface area contributed by atoms with Crippen LogP contribution in [0.15, 0.2) is 0 Å². The topological polar surface area (TPSA) is 46.3 Å². The van der Waals surface area contributed by atoms with Crippen LogP contribution in [0.2, 0.25) is 0 Å². The molecule has 0 bridgehead atoms. The summed E-state index contributed by atoms with van der Waals surface area (Å²) in [5.74, 6) is 7.34. The molecule has 0 unspecified atom stereocenters. The van der Waals surface area contributed by atoms with Gasteiger partial charge in [-0.15, -0.1) is 0 Å². The fourth-order valence-electron chi connectivity index (χ4n) is 1.81. The van der Waals surface area contributed by atoms with Gasteiger partial charge in [0.1, 0.15) is 0 Å². The van der Waals surface area contributed by atoms with Crippen molar-refractivity contribution < 1.29 is 26.4 Å². The van der Waals surface area contributed by atoms with Crippen molar-refractivity contribution in [2.24, 2.45) is 0 Å². The van der Waals surface area contributed by atoms with Crippen molar-refractivity contribution in [2.45, 2.75) is 34.6 Å². The quantitative estimate of drug-likeness (QED) is 0.320. The summed E-state index contributed by atoms with van der Waals surface area (Å²) in [4.78, 5) is 3.99. The Labute approximate surface area is 156 Å². The van der Waals surface area contributed by atoms with Gasteiger partial charge in [-0.3, -0.25) is 9.80 Å². The van der Waals surface area contributed by atoms with Gasteiger partial charge in [-0.1, -0.05) is 43.5 Å². The normalized spacial score (nSPS) is 16.3. The van der Waals surface area contributed by atoms with E-state index in [-0.39, 0.29) is 17.1 Å². The van der Waals surface area contributed by atoms with Crippen LogP contribution >= 0.6 is 8.86 Å². The fraction of sp³-hybridized carbons (Fsp3) is 0.529. The molecule has 1 rings (SSSR count). The van der Waals surface area contributed by atoms with E-state index >= 15 is 0 Å². The first-order valence-corrected chi connectivity index (χ1v) is 7.14. The molecule has 4 nitrogen and oxygen atoms in total. The molecule has 6 heteroatoms. The average molecular weight is 379 g/mol. The molecule has 1 aliphatic carbocycles. The summed E-state index contributed by atoms with van der Waals surface area (Å²) < 4.78 is 15.0. The molecule has 1 aliphatic rings. The van der Waals surface area contributed by atoms with E-state index in [4.69, 9.17) is 9.30 Å². The second-order valence-corrected chi connectivity index (χ2v) is 5.68. The molecule has 1 fully saturated rings. The monoisotopic (exact) mass is 379 g/mol. The molecule has 1 saturated carbocycles. The Balaban J connectivity index is -0.000000126. The zero-order valence-electron chi connectivity index (χ0n) is 15.6. The van der Waals surface area contributed by atoms with Gasteiger partial charge in [-0.25, -0.2) is 0 Å². The van der Waals surface area contributed by atoms with E-state index in [1.165, 1.54) is 29.6 Å². The Morgan fingerprint density at radius 2 is 0.783 bits per heavy atom. The van der Waals surface area contributed by atoms with Crippen molar-refractivity contribution in [2.75, 3.05) is 28.2 Å². The molecule has 0 aromatic rings. The van der Waals surface area contributed by atoms with Crippen molar-refractivity contribution >= 4 is 14.4 Å². The second-order valence-electron chi connectivity index (χ2n) is 5.24. The van der Waals surface area contributed by atoms with Gasteiger partial charge in [0.25, 0.3) is 0 Å². The minimum absolute atomic E-state index is 0. The molecule has 0 aromatic carbocycles. The van der Waals surface area contributed by atoms with Gasteiger partial charge in [-0.2, -0.15) is 0 Å². The van der Waals surface area contributed by atoms with Gasteiger partial charge >= 0.3 is 22.6 Å². The summed E-state index contributed by atoms with van der Waals surface area (Å²) in [6, 6.07) is 0. The summed E-state index contributed by atoms with van der Waals surface area (Å²) >= 11 is 0. The first-order chi connectivity index (χ1) is 10.1. The molecule has 0 atom stereocenters. The van der Waals surface area contributed by atoms with Crippen LogP contribution in [-0.4, -0.2) is 43.5 Å². The first-order valence-electron chi connectivity index (χ1n) is 6.64. The van der Waals surface area contributed by atoms with Gasteiger partial charge in [0.2, 0.25) is 0 Å². The Morgan fingerprint density at radius 3 is 0.826 bits per heavy atom. The molecule has 0 N–H and O–H groups in total. The number of hydrogen-bond acceptors (Lipinski definition) is 0. The molecule has 0 heterocycles. The Kier molecular flexibility index (Phi) is 22.8. The van der Waals surface area contributed by atoms with E-state index in [0.29, 0.717) is 0 Å². The van der Waals surface area contributed by atoms with E-state index in [0.717, 1.165) is 5.54 Å². The fourth-order valence-corrected chi connectivity index (χ4v) is 1.81. The Morgan fingerprint density at radius 1 is 0.652 bits per heavy atom. The third kappa shape index (κ3) is 11.3. The van der Waals surface area contributed by atoms with E-state index in [2.05, 4.69) is 56.8 Å². The molecule has 23 heavy (non-hydrogen) atoms. The summed E-state index contributed by atoms with van der Waals surface area (Å²) in [6.45, 7) is 20.0. The van der Waals surface area contributed by atoms with Crippen molar-refractivity contribution in [3.63, 3.8) is 0 Å². The van der Waals surface area contributed by atoms with Crippen molar-refractivity contribution in [1.82, 2.24) is 9.80 Å². The molecule has 5 radical (unpaired) electrons. The molecule has 0 amide bonds. The average Bonchev–Trinajstić information content (AvgIpc) is 2.69. The summed E-state index contributed by atoms with van der Waals surface area (Å²) in [7, 11) is 11.4. The van der Waals surface area contributed by atoms with Gasteiger partial charge in [-0.05, 0) is 57.8 Å². The summed E-state index contributed by atoms with van der Waals surface area (Å²) in [5.41, 5.74) is 1.07. The zero-order valence-corrected chi connectivity index (χ0v) is 17.7. The van der Waals surface area contributed by atoms with Gasteiger partial charge in [0.05, 0.1) is 5.54 Å². The van der Waals surface area contributed by atoms with E-state index in [1.807, 2.05) is 38.0 Å². The Bertz CT molecular complexity index is 285. The van der Waals surface area contributed by atoms with Crippen LogP contribution in [0.5, 0.6) is 0 Å². The predicted molar refractivity (Wildman–Crippen MR) is 93.1 cm³/mol. The van der Waals surface area contributed by atoms with Crippen molar-refractivity contribution in [1.29, 1.82) is 0 Å². The molecule has 0 aliphatic heterocycles. The van der Waals surface area contributed by atoms with Crippen molar-refractivity contribution in [3.8, 4) is 0 Å². The summed E-state index contributed by atoms with van der Waals surface area (Å²) in [5, 5.41) is 0. The third-order valence-corrected chi connectivity index (χ3v) is 4.55. The minimum atomic E-state index is 0. The maximum absolute atomic E-state index is 7.50. The maximum Gasteiger partial charge on any atom is 0 e. The third-order valence-electron chi connectivity index (χ3n) is 3.66. The molecule has 0 aromatic heterocycles. The van der Waals surface area contributed by atoms with Crippen LogP contribution in [0.25, 0.3) is 0 Å². The summed E-state index contributed by atoms with van der Waals surface area (Å²) in [6.07, 6.45) is 0. The van der Waals surface area contributed by atoms with Crippen LogP contribution < -0.4 is 0 Å². The molecule has 131 valence electrons. The van der Waals surface area contributed by atoms with E-state index in [9.17, 15) is 0 Å². The van der Waals surface area contributed by atoms with Crippen molar-refractivity contribution in [3.05, 3.63) is 42.9 Å². The van der Waals surface area contributed by atoms with Crippen LogP contribution in [0.3, 0.4) is 0 Å². The van der Waals surface area contributed by atoms with E-state index < -0.39 is 0 Å². The molecular formula is C17H28FeN2O2P. The van der Waals surface area contributed by atoms with Gasteiger partial charge in [0.15, 0.2) is 0 Å². The Hall–Kier alpha value is 0.0895. The first kappa shape index (κ1) is 30.9. The standard InChI is InChI=1S/C10H15.C5H13N2P.2CO.Fe/c1-6-7(2)9(4)10(5)8(6)3;1-6(2)5(8)7(3)4;2*1-2;/h1-5H3;8H,1-4H3;;;. The van der Waals surface area contributed by atoms with E-state index in [1.54, 1.807) is 0 Å².